The smallest absolute Gasteiger partial charge is 0.105 e. The average molecular weight is 188 g/mol. The molecule has 0 spiro atoms. The second-order valence-corrected chi connectivity index (χ2v) is 2.98. The zero-order valence-electron chi connectivity index (χ0n) is 7.85. The van der Waals surface area contributed by atoms with Gasteiger partial charge in [0.25, 0.3) is 0 Å². The summed E-state index contributed by atoms with van der Waals surface area (Å²) in [5.41, 5.74) is 8.15. The molecule has 2 rings (SSSR count). The number of aliphatic imine (C=N–C) groups is 2. The Labute approximate surface area is 82.6 Å². The predicted molar refractivity (Wildman–Crippen MR) is 57.0 cm³/mol. The van der Waals surface area contributed by atoms with Gasteiger partial charge >= 0.3 is 0 Å². The van der Waals surface area contributed by atoms with Crippen molar-refractivity contribution in [3.8, 4) is 0 Å². The molecular weight excluding hydrogens is 176 g/mol. The molecule has 0 saturated heterocycles. The van der Waals surface area contributed by atoms with E-state index in [0.29, 0.717) is 6.54 Å². The summed E-state index contributed by atoms with van der Waals surface area (Å²) in [5.74, 6) is 0. The van der Waals surface area contributed by atoms with Crippen molar-refractivity contribution in [3.05, 3.63) is 30.1 Å². The highest BCUT2D eigenvalue weighted by Gasteiger charge is 2.13. The van der Waals surface area contributed by atoms with Gasteiger partial charge in [0.2, 0.25) is 0 Å². The number of nitrogens with zero attached hydrogens (tertiary/aromatic N) is 3. The van der Waals surface area contributed by atoms with Crippen LogP contribution in [0.4, 0.5) is 0 Å². The second-order valence-electron chi connectivity index (χ2n) is 2.98. The zero-order chi connectivity index (χ0) is 9.80. The summed E-state index contributed by atoms with van der Waals surface area (Å²) in [5, 5.41) is 0. The van der Waals surface area contributed by atoms with Gasteiger partial charge in [-0.2, -0.15) is 0 Å². The normalized spacial score (nSPS) is 16.1. The second kappa shape index (κ2) is 4.11. The largest absolute Gasteiger partial charge is 0.325 e. The molecule has 0 amide bonds. The first-order valence-electron chi connectivity index (χ1n) is 4.61. The highest BCUT2D eigenvalue weighted by Crippen LogP contribution is 2.03. The minimum absolute atomic E-state index is 0.426. The van der Waals surface area contributed by atoms with Crippen LogP contribution in [0.1, 0.15) is 5.69 Å². The first-order chi connectivity index (χ1) is 6.92. The molecule has 4 nitrogen and oxygen atoms in total. The first kappa shape index (κ1) is 9.02. The SMILES string of the molecule is NCC1=NCCN=C1c1ccccn1. The fourth-order valence-corrected chi connectivity index (χ4v) is 1.41. The van der Waals surface area contributed by atoms with Crippen LogP contribution in [0.3, 0.4) is 0 Å². The number of pyridine rings is 1. The van der Waals surface area contributed by atoms with Crippen LogP contribution in [0.25, 0.3) is 0 Å². The molecule has 1 aliphatic heterocycles. The average Bonchev–Trinajstić information content (AvgIpc) is 2.30. The molecule has 2 N–H and O–H groups in total. The van der Waals surface area contributed by atoms with Crippen LogP contribution in [-0.2, 0) is 0 Å². The van der Waals surface area contributed by atoms with Crippen molar-refractivity contribution in [2.24, 2.45) is 15.7 Å². The summed E-state index contributed by atoms with van der Waals surface area (Å²) >= 11 is 0. The van der Waals surface area contributed by atoms with Crippen molar-refractivity contribution in [2.75, 3.05) is 19.6 Å². The number of nitrogens with two attached hydrogens (primary N) is 1. The lowest BCUT2D eigenvalue weighted by Gasteiger charge is -2.11. The summed E-state index contributed by atoms with van der Waals surface area (Å²) in [4.78, 5) is 13.0. The molecular formula is C10H12N4. The van der Waals surface area contributed by atoms with E-state index in [0.717, 1.165) is 30.2 Å². The van der Waals surface area contributed by atoms with Gasteiger partial charge in [-0.3, -0.25) is 15.0 Å². The van der Waals surface area contributed by atoms with Crippen LogP contribution in [0.2, 0.25) is 0 Å². The lowest BCUT2D eigenvalue weighted by molar-refractivity contribution is 0.954. The molecule has 1 aromatic rings. The minimum atomic E-state index is 0.426. The third-order valence-corrected chi connectivity index (χ3v) is 2.05. The van der Waals surface area contributed by atoms with Crippen LogP contribution in [-0.4, -0.2) is 36.0 Å². The molecule has 0 radical (unpaired) electrons. The Balaban J connectivity index is 2.34. The first-order valence-corrected chi connectivity index (χ1v) is 4.61. The fraction of sp³-hybridized carbons (Fsp3) is 0.300. The van der Waals surface area contributed by atoms with Crippen molar-refractivity contribution in [3.63, 3.8) is 0 Å². The Bertz CT molecular complexity index is 367. The lowest BCUT2D eigenvalue weighted by Crippen LogP contribution is -2.29. The van der Waals surface area contributed by atoms with Crippen LogP contribution < -0.4 is 5.73 Å². The predicted octanol–water partition coefficient (Wildman–Crippen LogP) is 0.284. The minimum Gasteiger partial charge on any atom is -0.325 e. The monoisotopic (exact) mass is 188 g/mol. The molecule has 2 heterocycles. The van der Waals surface area contributed by atoms with Gasteiger partial charge in [-0.1, -0.05) is 6.07 Å². The van der Waals surface area contributed by atoms with E-state index in [1.54, 1.807) is 6.20 Å². The third-order valence-electron chi connectivity index (χ3n) is 2.05. The van der Waals surface area contributed by atoms with E-state index in [-0.39, 0.29) is 0 Å². The van der Waals surface area contributed by atoms with Crippen molar-refractivity contribution in [1.82, 2.24) is 4.98 Å². The van der Waals surface area contributed by atoms with Crippen molar-refractivity contribution in [1.29, 1.82) is 0 Å². The molecule has 0 aromatic carbocycles. The molecule has 1 aromatic heterocycles. The van der Waals surface area contributed by atoms with Gasteiger partial charge in [0.05, 0.1) is 24.5 Å². The van der Waals surface area contributed by atoms with E-state index in [2.05, 4.69) is 15.0 Å². The summed E-state index contributed by atoms with van der Waals surface area (Å²) in [7, 11) is 0. The highest BCUT2D eigenvalue weighted by molar-refractivity contribution is 6.48. The van der Waals surface area contributed by atoms with Gasteiger partial charge in [-0.25, -0.2) is 0 Å². The van der Waals surface area contributed by atoms with Gasteiger partial charge in [-0.05, 0) is 12.1 Å². The van der Waals surface area contributed by atoms with Crippen molar-refractivity contribution in [2.45, 2.75) is 0 Å². The quantitative estimate of drug-likeness (QED) is 0.724. The van der Waals surface area contributed by atoms with Gasteiger partial charge in [-0.15, -0.1) is 0 Å². The summed E-state index contributed by atoms with van der Waals surface area (Å²) in [6, 6.07) is 5.75. The molecule has 0 aliphatic carbocycles. The van der Waals surface area contributed by atoms with Gasteiger partial charge in [0, 0.05) is 12.7 Å². The van der Waals surface area contributed by atoms with Gasteiger partial charge in [0.1, 0.15) is 5.71 Å². The maximum absolute atomic E-state index is 5.59. The van der Waals surface area contributed by atoms with Crippen LogP contribution in [0, 0.1) is 0 Å². The fourth-order valence-electron chi connectivity index (χ4n) is 1.41. The standard InChI is InChI=1S/C10H12N4/c11-7-9-10(14-6-5-13-9)8-3-1-2-4-12-8/h1-4H,5-7,11H2. The molecule has 0 saturated carbocycles. The van der Waals surface area contributed by atoms with Crippen LogP contribution in [0.5, 0.6) is 0 Å². The van der Waals surface area contributed by atoms with E-state index in [1.807, 2.05) is 18.2 Å². The highest BCUT2D eigenvalue weighted by atomic mass is 14.9. The summed E-state index contributed by atoms with van der Waals surface area (Å²) < 4.78 is 0. The third kappa shape index (κ3) is 1.70. The van der Waals surface area contributed by atoms with E-state index >= 15 is 0 Å². The molecule has 0 fully saturated rings. The number of aromatic nitrogens is 1. The Morgan fingerprint density at radius 2 is 2.07 bits per heavy atom. The topological polar surface area (TPSA) is 63.6 Å². The van der Waals surface area contributed by atoms with E-state index in [1.165, 1.54) is 0 Å². The van der Waals surface area contributed by atoms with E-state index < -0.39 is 0 Å². The lowest BCUT2D eigenvalue weighted by atomic mass is 10.1. The summed E-state index contributed by atoms with van der Waals surface area (Å²) in [6.07, 6.45) is 1.75. The molecule has 14 heavy (non-hydrogen) atoms. The Morgan fingerprint density at radius 3 is 2.79 bits per heavy atom. The van der Waals surface area contributed by atoms with Crippen LogP contribution in [0.15, 0.2) is 34.4 Å². The Kier molecular flexibility index (Phi) is 2.65. The van der Waals surface area contributed by atoms with Crippen molar-refractivity contribution >= 4 is 11.4 Å². The van der Waals surface area contributed by atoms with E-state index in [4.69, 9.17) is 5.73 Å². The van der Waals surface area contributed by atoms with E-state index in [9.17, 15) is 0 Å². The maximum atomic E-state index is 5.59. The molecule has 1 aliphatic rings. The summed E-state index contributed by atoms with van der Waals surface area (Å²) in [6.45, 7) is 1.90. The number of rotatable bonds is 2. The maximum Gasteiger partial charge on any atom is 0.105 e. The van der Waals surface area contributed by atoms with Crippen molar-refractivity contribution < 1.29 is 0 Å². The number of hydrogen-bond acceptors (Lipinski definition) is 4. The molecule has 0 atom stereocenters. The molecule has 0 bridgehead atoms. The Hall–Kier alpha value is -1.55. The van der Waals surface area contributed by atoms with Gasteiger partial charge in [0.15, 0.2) is 0 Å². The van der Waals surface area contributed by atoms with Crippen LogP contribution >= 0.6 is 0 Å². The molecule has 0 unspecified atom stereocenters. The molecule has 4 heteroatoms. The molecule has 72 valence electrons. The zero-order valence-corrected chi connectivity index (χ0v) is 7.85. The Morgan fingerprint density at radius 1 is 1.21 bits per heavy atom. The van der Waals surface area contributed by atoms with Gasteiger partial charge < -0.3 is 5.73 Å². The number of hydrogen-bond donors (Lipinski definition) is 1.